The third-order valence-electron chi connectivity index (χ3n) is 4.49. The zero-order chi connectivity index (χ0) is 19.7. The van der Waals surface area contributed by atoms with E-state index in [1.54, 1.807) is 49.5 Å². The Balaban J connectivity index is 1.48. The molecular weight excluding hydrogens is 360 g/mol. The van der Waals surface area contributed by atoms with Crippen molar-refractivity contribution in [2.45, 2.75) is 26.1 Å². The number of rotatable bonds is 5. The van der Waals surface area contributed by atoms with Gasteiger partial charge in [-0.05, 0) is 25.1 Å². The van der Waals surface area contributed by atoms with E-state index in [4.69, 9.17) is 4.42 Å². The molecule has 0 saturated carbocycles. The lowest BCUT2D eigenvalue weighted by atomic mass is 10.2. The maximum atomic E-state index is 12.5. The topological polar surface area (TPSA) is 99.1 Å². The fourth-order valence-electron chi connectivity index (χ4n) is 3.20. The molecule has 0 unspecified atom stereocenters. The Bertz CT molecular complexity index is 1280. The van der Waals surface area contributed by atoms with Gasteiger partial charge >= 0.3 is 5.76 Å². The van der Waals surface area contributed by atoms with Crippen molar-refractivity contribution >= 4 is 27.8 Å². The zero-order valence-electron chi connectivity index (χ0n) is 15.2. The van der Waals surface area contributed by atoms with Crippen LogP contribution in [0.5, 0.6) is 0 Å². The van der Waals surface area contributed by atoms with Gasteiger partial charge in [0.05, 0.1) is 17.1 Å². The molecule has 4 aromatic rings. The van der Waals surface area contributed by atoms with Crippen LogP contribution in [0.2, 0.25) is 0 Å². The molecule has 1 atom stereocenters. The second kappa shape index (κ2) is 7.15. The normalized spacial score (nSPS) is 12.3. The van der Waals surface area contributed by atoms with Gasteiger partial charge in [0.1, 0.15) is 6.54 Å². The number of fused-ring (bicyclic) bond motifs is 2. The molecule has 4 rings (SSSR count). The van der Waals surface area contributed by atoms with Gasteiger partial charge in [0.15, 0.2) is 5.58 Å². The number of hydrogen-bond acceptors (Lipinski definition) is 5. The lowest BCUT2D eigenvalue weighted by Crippen LogP contribution is -2.41. The van der Waals surface area contributed by atoms with Crippen molar-refractivity contribution in [2.75, 3.05) is 0 Å². The summed E-state index contributed by atoms with van der Waals surface area (Å²) in [5.41, 5.74) is 0.844. The summed E-state index contributed by atoms with van der Waals surface area (Å²) >= 11 is 0. The average molecular weight is 378 g/mol. The van der Waals surface area contributed by atoms with E-state index >= 15 is 0 Å². The van der Waals surface area contributed by atoms with Crippen LogP contribution in [-0.2, 0) is 17.9 Å². The number of carbonyl (C=O) groups excluding carboxylic acids is 1. The van der Waals surface area contributed by atoms with E-state index < -0.39 is 5.76 Å². The molecule has 0 aliphatic rings. The number of nitrogens with one attached hydrogen (secondary N) is 1. The molecule has 1 amide bonds. The first-order valence-electron chi connectivity index (χ1n) is 8.85. The van der Waals surface area contributed by atoms with Crippen LogP contribution in [-0.4, -0.2) is 26.3 Å². The van der Waals surface area contributed by atoms with Crippen molar-refractivity contribution in [3.05, 3.63) is 75.6 Å². The summed E-state index contributed by atoms with van der Waals surface area (Å²) in [5, 5.41) is 8.09. The molecule has 2 aromatic heterocycles. The molecule has 0 radical (unpaired) electrons. The van der Waals surface area contributed by atoms with Crippen molar-refractivity contribution in [2.24, 2.45) is 0 Å². The second-order valence-electron chi connectivity index (χ2n) is 6.61. The second-order valence-corrected chi connectivity index (χ2v) is 6.61. The van der Waals surface area contributed by atoms with Crippen LogP contribution in [0.3, 0.4) is 0 Å². The Morgan fingerprint density at radius 3 is 2.75 bits per heavy atom. The molecule has 0 spiro atoms. The molecule has 0 bridgehead atoms. The highest BCUT2D eigenvalue weighted by Crippen LogP contribution is 2.12. The Kier molecular flexibility index (Phi) is 4.52. The first-order valence-corrected chi connectivity index (χ1v) is 8.85. The van der Waals surface area contributed by atoms with E-state index in [0.717, 1.165) is 10.1 Å². The van der Waals surface area contributed by atoms with Crippen molar-refractivity contribution in [1.82, 2.24) is 19.7 Å². The molecule has 0 saturated heterocycles. The first-order chi connectivity index (χ1) is 13.5. The Labute approximate surface area is 159 Å². The molecule has 2 heterocycles. The summed E-state index contributed by atoms with van der Waals surface area (Å²) in [6, 6.07) is 13.8. The number of carbonyl (C=O) groups is 1. The van der Waals surface area contributed by atoms with Gasteiger partial charge in [-0.2, -0.15) is 5.10 Å². The van der Waals surface area contributed by atoms with Crippen molar-refractivity contribution in [3.63, 3.8) is 0 Å². The number of para-hydroxylation sites is 2. The average Bonchev–Trinajstić information content (AvgIpc) is 2.99. The van der Waals surface area contributed by atoms with Crippen molar-refractivity contribution < 1.29 is 9.21 Å². The number of benzene rings is 2. The van der Waals surface area contributed by atoms with E-state index in [0.29, 0.717) is 16.5 Å². The number of aromatic nitrogens is 3. The van der Waals surface area contributed by atoms with Crippen LogP contribution in [0.4, 0.5) is 0 Å². The monoisotopic (exact) mass is 378 g/mol. The standard InChI is InChI=1S/C20H18N4O4/c1-13(11-23-16-8-4-5-9-17(16)28-20(23)27)22-18(25)12-24-19(26)15-7-3-2-6-14(15)10-21-24/h2-10,13H,11-12H2,1H3,(H,22,25)/t13-/m0/s1. The van der Waals surface area contributed by atoms with E-state index in [1.807, 2.05) is 12.1 Å². The smallest absolute Gasteiger partial charge is 0.408 e. The number of hydrogen-bond donors (Lipinski definition) is 1. The lowest BCUT2D eigenvalue weighted by Gasteiger charge is -2.14. The summed E-state index contributed by atoms with van der Waals surface area (Å²) in [5.74, 6) is -0.840. The largest absolute Gasteiger partial charge is 0.420 e. The van der Waals surface area contributed by atoms with E-state index in [-0.39, 0.29) is 30.6 Å². The summed E-state index contributed by atoms with van der Waals surface area (Å²) < 4.78 is 7.80. The molecule has 0 fully saturated rings. The van der Waals surface area contributed by atoms with Gasteiger partial charge in [-0.25, -0.2) is 9.48 Å². The summed E-state index contributed by atoms with van der Waals surface area (Å²) in [4.78, 5) is 36.9. The predicted octanol–water partition coefficient (Wildman–Crippen LogP) is 1.51. The van der Waals surface area contributed by atoms with Crippen LogP contribution in [0.15, 0.2) is 68.7 Å². The van der Waals surface area contributed by atoms with Gasteiger partial charge < -0.3 is 9.73 Å². The van der Waals surface area contributed by atoms with Crippen LogP contribution in [0.1, 0.15) is 6.92 Å². The van der Waals surface area contributed by atoms with Crippen LogP contribution < -0.4 is 16.6 Å². The summed E-state index contributed by atoms with van der Waals surface area (Å²) in [6.45, 7) is 1.83. The maximum absolute atomic E-state index is 12.5. The highest BCUT2D eigenvalue weighted by Gasteiger charge is 2.15. The van der Waals surface area contributed by atoms with Gasteiger partial charge in [0.25, 0.3) is 5.56 Å². The molecule has 28 heavy (non-hydrogen) atoms. The van der Waals surface area contributed by atoms with Gasteiger partial charge in [0.2, 0.25) is 5.91 Å². The summed E-state index contributed by atoms with van der Waals surface area (Å²) in [6.07, 6.45) is 1.56. The minimum absolute atomic E-state index is 0.199. The molecule has 2 aromatic carbocycles. The van der Waals surface area contributed by atoms with Crippen LogP contribution in [0, 0.1) is 0 Å². The molecule has 1 N–H and O–H groups in total. The molecule has 0 aliphatic heterocycles. The number of nitrogens with zero attached hydrogens (tertiary/aromatic N) is 3. The lowest BCUT2D eigenvalue weighted by molar-refractivity contribution is -0.122. The highest BCUT2D eigenvalue weighted by atomic mass is 16.4. The quantitative estimate of drug-likeness (QED) is 0.568. The van der Waals surface area contributed by atoms with E-state index in [9.17, 15) is 14.4 Å². The Morgan fingerprint density at radius 1 is 1.14 bits per heavy atom. The Hall–Kier alpha value is -3.68. The molecule has 0 aliphatic carbocycles. The SMILES string of the molecule is C[C@@H](Cn1c(=O)oc2ccccc21)NC(=O)Cn1ncc2ccccc2c1=O. The van der Waals surface area contributed by atoms with E-state index in [1.165, 1.54) is 4.57 Å². The number of amides is 1. The highest BCUT2D eigenvalue weighted by molar-refractivity contribution is 5.81. The Morgan fingerprint density at radius 2 is 1.89 bits per heavy atom. The van der Waals surface area contributed by atoms with Crippen molar-refractivity contribution in [1.29, 1.82) is 0 Å². The fourth-order valence-corrected chi connectivity index (χ4v) is 3.20. The van der Waals surface area contributed by atoms with Crippen molar-refractivity contribution in [3.8, 4) is 0 Å². The molecule has 142 valence electrons. The summed E-state index contributed by atoms with van der Waals surface area (Å²) in [7, 11) is 0. The molecular formula is C20H18N4O4. The number of oxazole rings is 1. The van der Waals surface area contributed by atoms with Crippen LogP contribution in [0.25, 0.3) is 21.9 Å². The minimum atomic E-state index is -0.477. The van der Waals surface area contributed by atoms with Crippen LogP contribution >= 0.6 is 0 Å². The van der Waals surface area contributed by atoms with Gasteiger partial charge in [-0.3, -0.25) is 14.2 Å². The van der Waals surface area contributed by atoms with Gasteiger partial charge in [-0.1, -0.05) is 30.3 Å². The minimum Gasteiger partial charge on any atom is -0.408 e. The van der Waals surface area contributed by atoms with E-state index in [2.05, 4.69) is 10.4 Å². The zero-order valence-corrected chi connectivity index (χ0v) is 15.2. The predicted molar refractivity (Wildman–Crippen MR) is 104 cm³/mol. The maximum Gasteiger partial charge on any atom is 0.420 e. The third kappa shape index (κ3) is 3.32. The third-order valence-corrected chi connectivity index (χ3v) is 4.49. The molecule has 8 heteroatoms. The van der Waals surface area contributed by atoms with Gasteiger partial charge in [-0.15, -0.1) is 0 Å². The molecule has 8 nitrogen and oxygen atoms in total. The van der Waals surface area contributed by atoms with Gasteiger partial charge in [0, 0.05) is 18.0 Å². The fraction of sp³-hybridized carbons (Fsp3) is 0.200. The first kappa shape index (κ1) is 17.7.